The number of benzene rings is 2. The first-order valence-corrected chi connectivity index (χ1v) is 9.66. The Morgan fingerprint density at radius 3 is 2.85 bits per heavy atom. The van der Waals surface area contributed by atoms with Gasteiger partial charge in [0.1, 0.15) is 11.5 Å². The fourth-order valence-corrected chi connectivity index (χ4v) is 4.37. The molecular weight excluding hydrogens is 362 g/mol. The van der Waals surface area contributed by atoms with Gasteiger partial charge >= 0.3 is 6.03 Å². The molecule has 0 saturated carbocycles. The summed E-state index contributed by atoms with van der Waals surface area (Å²) in [7, 11) is 3.26. The average molecular weight is 383 g/mol. The van der Waals surface area contributed by atoms with Gasteiger partial charge < -0.3 is 14.4 Å². The first-order chi connectivity index (χ1) is 13.2. The number of aromatic nitrogens is 1. The number of likely N-dealkylation sites (tertiary alicyclic amines) is 1. The van der Waals surface area contributed by atoms with Crippen molar-refractivity contribution in [2.45, 2.75) is 18.9 Å². The number of fused-ring (bicyclic) bond motifs is 1. The molecule has 140 valence electrons. The predicted molar refractivity (Wildman–Crippen MR) is 107 cm³/mol. The Morgan fingerprint density at radius 2 is 2.07 bits per heavy atom. The molecular formula is C20H21N3O3S. The average Bonchev–Trinajstić information content (AvgIpc) is 3.33. The van der Waals surface area contributed by atoms with Crippen molar-refractivity contribution in [3.63, 3.8) is 0 Å². The standard InChI is InChI=1S/C20H21N3O3S/c1-25-13-9-10-14(17(12-13)26-2)16-7-5-11-23(16)20(24)22-19-21-15-6-3-4-8-18(15)27-19/h3-4,6,8-10,12,16H,5,7,11H2,1-2H3,(H,21,22,24). The number of amides is 2. The lowest BCUT2D eigenvalue weighted by Gasteiger charge is -2.26. The van der Waals surface area contributed by atoms with Gasteiger partial charge in [0, 0.05) is 18.2 Å². The van der Waals surface area contributed by atoms with Gasteiger partial charge in [0.25, 0.3) is 0 Å². The molecule has 0 spiro atoms. The van der Waals surface area contributed by atoms with Crippen LogP contribution in [-0.4, -0.2) is 36.7 Å². The fourth-order valence-electron chi connectivity index (χ4n) is 3.52. The molecule has 0 radical (unpaired) electrons. The highest BCUT2D eigenvalue weighted by atomic mass is 32.1. The maximum atomic E-state index is 12.9. The van der Waals surface area contributed by atoms with Crippen molar-refractivity contribution in [3.8, 4) is 11.5 Å². The summed E-state index contributed by atoms with van der Waals surface area (Å²) in [5.41, 5.74) is 1.89. The number of carbonyl (C=O) groups is 1. The Bertz CT molecular complexity index is 939. The monoisotopic (exact) mass is 383 g/mol. The van der Waals surface area contributed by atoms with Crippen LogP contribution in [0.4, 0.5) is 9.93 Å². The molecule has 1 saturated heterocycles. The van der Waals surface area contributed by atoms with Gasteiger partial charge in [0.05, 0.1) is 30.5 Å². The first kappa shape index (κ1) is 17.6. The van der Waals surface area contributed by atoms with E-state index in [2.05, 4.69) is 10.3 Å². The highest BCUT2D eigenvalue weighted by Crippen LogP contribution is 2.39. The number of nitrogens with zero attached hydrogens (tertiary/aromatic N) is 2. The molecule has 1 aliphatic rings. The third kappa shape index (κ3) is 3.42. The number of ether oxygens (including phenoxy) is 2. The molecule has 1 atom stereocenters. The quantitative estimate of drug-likeness (QED) is 0.710. The van der Waals surface area contributed by atoms with Crippen molar-refractivity contribution in [1.29, 1.82) is 0 Å². The number of methoxy groups -OCH3 is 2. The van der Waals surface area contributed by atoms with Crippen molar-refractivity contribution in [1.82, 2.24) is 9.88 Å². The number of nitrogens with one attached hydrogen (secondary N) is 1. The zero-order valence-corrected chi connectivity index (χ0v) is 16.1. The molecule has 0 aliphatic carbocycles. The van der Waals surface area contributed by atoms with Crippen molar-refractivity contribution in [2.24, 2.45) is 0 Å². The molecule has 27 heavy (non-hydrogen) atoms. The molecule has 4 rings (SSSR count). The van der Waals surface area contributed by atoms with E-state index in [4.69, 9.17) is 9.47 Å². The van der Waals surface area contributed by atoms with Crippen LogP contribution in [0.3, 0.4) is 0 Å². The molecule has 2 aromatic carbocycles. The minimum absolute atomic E-state index is 0.0276. The van der Waals surface area contributed by atoms with E-state index < -0.39 is 0 Å². The molecule has 1 unspecified atom stereocenters. The van der Waals surface area contributed by atoms with Crippen LogP contribution in [0, 0.1) is 0 Å². The van der Waals surface area contributed by atoms with Crippen LogP contribution in [0.25, 0.3) is 10.2 Å². The van der Waals surface area contributed by atoms with Crippen LogP contribution in [0.5, 0.6) is 11.5 Å². The Morgan fingerprint density at radius 1 is 1.22 bits per heavy atom. The van der Waals surface area contributed by atoms with Gasteiger partial charge in [0.15, 0.2) is 5.13 Å². The fraction of sp³-hybridized carbons (Fsp3) is 0.300. The topological polar surface area (TPSA) is 63.7 Å². The summed E-state index contributed by atoms with van der Waals surface area (Å²) >= 11 is 1.48. The lowest BCUT2D eigenvalue weighted by molar-refractivity contribution is 0.206. The normalized spacial score (nSPS) is 16.5. The Kier molecular flexibility index (Phi) is 4.85. The minimum atomic E-state index is -0.130. The lowest BCUT2D eigenvalue weighted by atomic mass is 10.0. The largest absolute Gasteiger partial charge is 0.497 e. The van der Waals surface area contributed by atoms with Crippen molar-refractivity contribution < 1.29 is 14.3 Å². The Labute approximate surface area is 161 Å². The maximum absolute atomic E-state index is 12.9. The summed E-state index contributed by atoms with van der Waals surface area (Å²) in [4.78, 5) is 19.3. The number of para-hydroxylation sites is 1. The molecule has 1 aliphatic heterocycles. The molecule has 6 nitrogen and oxygen atoms in total. The van der Waals surface area contributed by atoms with Gasteiger partial charge in [-0.2, -0.15) is 0 Å². The van der Waals surface area contributed by atoms with Gasteiger partial charge in [-0.25, -0.2) is 9.78 Å². The smallest absolute Gasteiger partial charge is 0.324 e. The number of anilines is 1. The molecule has 0 bridgehead atoms. The highest BCUT2D eigenvalue weighted by Gasteiger charge is 2.32. The van der Waals surface area contributed by atoms with Gasteiger partial charge in [0.2, 0.25) is 0 Å². The SMILES string of the molecule is COc1ccc(C2CCCN2C(=O)Nc2nc3ccccc3s2)c(OC)c1. The van der Waals surface area contributed by atoms with Crippen molar-refractivity contribution >= 4 is 32.7 Å². The van der Waals surface area contributed by atoms with E-state index in [0.717, 1.165) is 40.1 Å². The van der Waals surface area contributed by atoms with Crippen molar-refractivity contribution in [3.05, 3.63) is 48.0 Å². The number of hydrogen-bond acceptors (Lipinski definition) is 5. The molecule has 1 aromatic heterocycles. The second kappa shape index (κ2) is 7.44. The third-order valence-electron chi connectivity index (χ3n) is 4.82. The number of hydrogen-bond donors (Lipinski definition) is 1. The second-order valence-electron chi connectivity index (χ2n) is 6.38. The van der Waals surface area contributed by atoms with E-state index in [1.165, 1.54) is 11.3 Å². The van der Waals surface area contributed by atoms with Gasteiger partial charge in [-0.1, -0.05) is 23.5 Å². The Balaban J connectivity index is 1.56. The number of carbonyl (C=O) groups excluding carboxylic acids is 1. The van der Waals surface area contributed by atoms with Crippen LogP contribution in [-0.2, 0) is 0 Å². The molecule has 1 N–H and O–H groups in total. The summed E-state index contributed by atoms with van der Waals surface area (Å²) < 4.78 is 11.9. The van der Waals surface area contributed by atoms with Crippen LogP contribution >= 0.6 is 11.3 Å². The van der Waals surface area contributed by atoms with Gasteiger partial charge in [-0.3, -0.25) is 5.32 Å². The zero-order chi connectivity index (χ0) is 18.8. The van der Waals surface area contributed by atoms with Gasteiger partial charge in [-0.15, -0.1) is 0 Å². The summed E-state index contributed by atoms with van der Waals surface area (Å²) in [6.07, 6.45) is 1.85. The van der Waals surface area contributed by atoms with E-state index in [1.807, 2.05) is 47.4 Å². The van der Waals surface area contributed by atoms with E-state index in [1.54, 1.807) is 14.2 Å². The number of thiazole rings is 1. The second-order valence-corrected chi connectivity index (χ2v) is 7.41. The van der Waals surface area contributed by atoms with E-state index in [9.17, 15) is 4.79 Å². The van der Waals surface area contributed by atoms with Crippen LogP contribution in [0.2, 0.25) is 0 Å². The highest BCUT2D eigenvalue weighted by molar-refractivity contribution is 7.22. The number of rotatable bonds is 4. The van der Waals surface area contributed by atoms with Crippen LogP contribution < -0.4 is 14.8 Å². The summed E-state index contributed by atoms with van der Waals surface area (Å²) in [5.74, 6) is 1.47. The molecule has 2 amide bonds. The van der Waals surface area contributed by atoms with E-state index in [-0.39, 0.29) is 12.1 Å². The Hall–Kier alpha value is -2.80. The molecule has 2 heterocycles. The first-order valence-electron chi connectivity index (χ1n) is 8.84. The van der Waals surface area contributed by atoms with Crippen LogP contribution in [0.1, 0.15) is 24.4 Å². The number of urea groups is 1. The summed E-state index contributed by atoms with van der Waals surface area (Å²) in [6.45, 7) is 0.705. The molecule has 1 fully saturated rings. The van der Waals surface area contributed by atoms with Gasteiger partial charge in [-0.05, 0) is 37.1 Å². The molecule has 3 aromatic rings. The molecule has 7 heteroatoms. The van der Waals surface area contributed by atoms with E-state index >= 15 is 0 Å². The third-order valence-corrected chi connectivity index (χ3v) is 5.77. The maximum Gasteiger partial charge on any atom is 0.324 e. The van der Waals surface area contributed by atoms with E-state index in [0.29, 0.717) is 11.7 Å². The summed E-state index contributed by atoms with van der Waals surface area (Å²) in [6, 6.07) is 13.4. The minimum Gasteiger partial charge on any atom is -0.497 e. The summed E-state index contributed by atoms with van der Waals surface area (Å²) in [5, 5.41) is 3.58. The van der Waals surface area contributed by atoms with Crippen LogP contribution in [0.15, 0.2) is 42.5 Å². The lowest BCUT2D eigenvalue weighted by Crippen LogP contribution is -2.34. The van der Waals surface area contributed by atoms with Crippen molar-refractivity contribution in [2.75, 3.05) is 26.1 Å². The predicted octanol–water partition coefficient (Wildman–Crippen LogP) is 4.68. The zero-order valence-electron chi connectivity index (χ0n) is 15.3.